The fourth-order valence-electron chi connectivity index (χ4n) is 1.38. The van der Waals surface area contributed by atoms with Gasteiger partial charge >= 0.3 is 0 Å². The van der Waals surface area contributed by atoms with Crippen LogP contribution in [0.25, 0.3) is 0 Å². The van der Waals surface area contributed by atoms with E-state index < -0.39 is 0 Å². The normalized spacial score (nSPS) is 10.8. The summed E-state index contributed by atoms with van der Waals surface area (Å²) >= 11 is 0. The van der Waals surface area contributed by atoms with E-state index in [-0.39, 0.29) is 0 Å². The number of hydrogen-bond donors (Lipinski definition) is 1. The van der Waals surface area contributed by atoms with Crippen molar-refractivity contribution in [3.63, 3.8) is 0 Å². The van der Waals surface area contributed by atoms with Gasteiger partial charge in [-0.15, -0.1) is 6.58 Å². The average molecular weight is 194 g/mol. The molecule has 0 amide bonds. The third kappa shape index (κ3) is 2.72. The second kappa shape index (κ2) is 5.62. The molecule has 1 aromatic heterocycles. The maximum absolute atomic E-state index is 5.59. The van der Waals surface area contributed by atoms with Crippen LogP contribution in [-0.2, 0) is 13.1 Å². The summed E-state index contributed by atoms with van der Waals surface area (Å²) in [5, 5.41) is 0. The second-order valence-electron chi connectivity index (χ2n) is 3.19. The lowest BCUT2D eigenvalue weighted by molar-refractivity contribution is 0.280. The molecule has 78 valence electrons. The monoisotopic (exact) mass is 194 g/mol. The third-order valence-electron chi connectivity index (χ3n) is 2.26. The molecule has 0 aliphatic heterocycles. The Balaban J connectivity index is 2.61. The molecule has 0 saturated heterocycles. The van der Waals surface area contributed by atoms with Crippen LogP contribution in [0.5, 0.6) is 0 Å². The zero-order chi connectivity index (χ0) is 10.4. The quantitative estimate of drug-likeness (QED) is 0.701. The zero-order valence-electron chi connectivity index (χ0n) is 8.70. The van der Waals surface area contributed by atoms with Gasteiger partial charge in [0.05, 0.1) is 12.8 Å². The molecule has 1 rings (SSSR count). The van der Waals surface area contributed by atoms with Crippen molar-refractivity contribution in [3.8, 4) is 0 Å². The van der Waals surface area contributed by atoms with Crippen LogP contribution in [0.2, 0.25) is 0 Å². The molecule has 0 radical (unpaired) electrons. The first-order valence-electron chi connectivity index (χ1n) is 4.90. The zero-order valence-corrected chi connectivity index (χ0v) is 8.70. The fraction of sp³-hybridized carbons (Fsp3) is 0.455. The molecular weight excluding hydrogens is 176 g/mol. The van der Waals surface area contributed by atoms with Crippen LogP contribution in [0.4, 0.5) is 0 Å². The maximum atomic E-state index is 5.59. The molecule has 14 heavy (non-hydrogen) atoms. The van der Waals surface area contributed by atoms with Crippen LogP contribution in [-0.4, -0.2) is 18.0 Å². The van der Waals surface area contributed by atoms with Crippen LogP contribution in [0.15, 0.2) is 29.4 Å². The lowest BCUT2D eigenvalue weighted by Gasteiger charge is -2.17. The van der Waals surface area contributed by atoms with E-state index in [4.69, 9.17) is 10.2 Å². The van der Waals surface area contributed by atoms with E-state index in [0.29, 0.717) is 6.54 Å². The Hall–Kier alpha value is -1.06. The summed E-state index contributed by atoms with van der Waals surface area (Å²) in [6, 6.07) is 1.93. The molecule has 0 aliphatic carbocycles. The first-order chi connectivity index (χ1) is 6.81. The summed E-state index contributed by atoms with van der Waals surface area (Å²) in [5.41, 5.74) is 6.68. The molecule has 1 aromatic rings. The Bertz CT molecular complexity index is 281. The largest absolute Gasteiger partial charge is 0.468 e. The van der Waals surface area contributed by atoms with E-state index in [1.54, 1.807) is 6.26 Å². The third-order valence-corrected chi connectivity index (χ3v) is 2.26. The highest BCUT2D eigenvalue weighted by molar-refractivity contribution is 5.16. The number of furan rings is 1. The summed E-state index contributed by atoms with van der Waals surface area (Å²) in [4.78, 5) is 2.24. The van der Waals surface area contributed by atoms with Crippen molar-refractivity contribution in [1.29, 1.82) is 0 Å². The van der Waals surface area contributed by atoms with Gasteiger partial charge < -0.3 is 10.2 Å². The van der Waals surface area contributed by atoms with Crippen molar-refractivity contribution >= 4 is 0 Å². The second-order valence-corrected chi connectivity index (χ2v) is 3.19. The van der Waals surface area contributed by atoms with E-state index >= 15 is 0 Å². The van der Waals surface area contributed by atoms with Gasteiger partial charge in [-0.25, -0.2) is 0 Å². The summed E-state index contributed by atoms with van der Waals surface area (Å²) in [7, 11) is 0. The van der Waals surface area contributed by atoms with Crippen molar-refractivity contribution in [1.82, 2.24) is 4.90 Å². The van der Waals surface area contributed by atoms with Crippen LogP contribution >= 0.6 is 0 Å². The Morgan fingerprint density at radius 1 is 1.64 bits per heavy atom. The van der Waals surface area contributed by atoms with Crippen molar-refractivity contribution in [2.45, 2.75) is 20.0 Å². The summed E-state index contributed by atoms with van der Waals surface area (Å²) in [6.07, 6.45) is 3.59. The minimum absolute atomic E-state index is 0.539. The van der Waals surface area contributed by atoms with Gasteiger partial charge in [0, 0.05) is 18.7 Å². The molecule has 0 aromatic carbocycles. The highest BCUT2D eigenvalue weighted by Gasteiger charge is 2.08. The van der Waals surface area contributed by atoms with Gasteiger partial charge in [-0.3, -0.25) is 4.90 Å². The van der Waals surface area contributed by atoms with Gasteiger partial charge in [-0.2, -0.15) is 0 Å². The molecule has 0 bridgehead atoms. The van der Waals surface area contributed by atoms with E-state index in [0.717, 1.165) is 31.0 Å². The van der Waals surface area contributed by atoms with Crippen molar-refractivity contribution in [2.24, 2.45) is 5.73 Å². The number of rotatable bonds is 6. The van der Waals surface area contributed by atoms with E-state index in [9.17, 15) is 0 Å². The molecule has 0 fully saturated rings. The van der Waals surface area contributed by atoms with Gasteiger partial charge in [0.25, 0.3) is 0 Å². The number of hydrogen-bond acceptors (Lipinski definition) is 3. The topological polar surface area (TPSA) is 42.4 Å². The first kappa shape index (κ1) is 11.0. The first-order valence-corrected chi connectivity index (χ1v) is 4.90. The Morgan fingerprint density at radius 3 is 3.00 bits per heavy atom. The standard InChI is InChI=1S/C11H18N2O/c1-3-6-13(4-2)9-11-10(8-12)5-7-14-11/h3,5,7H,1,4,6,8-9,12H2,2H3. The van der Waals surface area contributed by atoms with E-state index in [1.165, 1.54) is 0 Å². The van der Waals surface area contributed by atoms with Gasteiger partial charge in [-0.1, -0.05) is 13.0 Å². The van der Waals surface area contributed by atoms with Crippen LogP contribution in [0.3, 0.4) is 0 Å². The van der Waals surface area contributed by atoms with Crippen LogP contribution < -0.4 is 5.73 Å². The van der Waals surface area contributed by atoms with Crippen molar-refractivity contribution in [3.05, 3.63) is 36.3 Å². The van der Waals surface area contributed by atoms with Crippen LogP contribution in [0.1, 0.15) is 18.2 Å². The Labute approximate surface area is 85.2 Å². The number of nitrogens with zero attached hydrogens (tertiary/aromatic N) is 1. The molecule has 1 heterocycles. The highest BCUT2D eigenvalue weighted by atomic mass is 16.3. The van der Waals surface area contributed by atoms with Gasteiger partial charge in [0.2, 0.25) is 0 Å². The minimum atomic E-state index is 0.539. The Kier molecular flexibility index (Phi) is 4.43. The average Bonchev–Trinajstić information content (AvgIpc) is 2.64. The molecule has 2 N–H and O–H groups in total. The Morgan fingerprint density at radius 2 is 2.43 bits per heavy atom. The van der Waals surface area contributed by atoms with Crippen LogP contribution in [0, 0.1) is 0 Å². The molecule has 0 saturated carbocycles. The minimum Gasteiger partial charge on any atom is -0.468 e. The van der Waals surface area contributed by atoms with Crippen molar-refractivity contribution in [2.75, 3.05) is 13.1 Å². The smallest absolute Gasteiger partial charge is 0.122 e. The molecular formula is C11H18N2O. The lowest BCUT2D eigenvalue weighted by Crippen LogP contribution is -2.23. The molecule has 0 unspecified atom stereocenters. The van der Waals surface area contributed by atoms with E-state index in [2.05, 4.69) is 18.4 Å². The van der Waals surface area contributed by atoms with Crippen molar-refractivity contribution < 1.29 is 4.42 Å². The van der Waals surface area contributed by atoms with E-state index in [1.807, 2.05) is 12.1 Å². The van der Waals surface area contributed by atoms with Gasteiger partial charge in [-0.05, 0) is 12.6 Å². The number of nitrogens with two attached hydrogens (primary N) is 1. The summed E-state index contributed by atoms with van der Waals surface area (Å²) < 4.78 is 5.38. The van der Waals surface area contributed by atoms with Gasteiger partial charge in [0.1, 0.15) is 5.76 Å². The molecule has 0 aliphatic rings. The SMILES string of the molecule is C=CCN(CC)Cc1occc1CN. The summed E-state index contributed by atoms with van der Waals surface area (Å²) in [5.74, 6) is 0.969. The maximum Gasteiger partial charge on any atom is 0.122 e. The molecule has 0 atom stereocenters. The predicted octanol–water partition coefficient (Wildman–Crippen LogP) is 1.75. The summed E-state index contributed by atoms with van der Waals surface area (Å²) in [6.45, 7) is 9.05. The lowest BCUT2D eigenvalue weighted by atomic mass is 10.2. The molecule has 3 heteroatoms. The number of likely N-dealkylation sites (N-methyl/N-ethyl adjacent to an activating group) is 1. The van der Waals surface area contributed by atoms with Gasteiger partial charge in [0.15, 0.2) is 0 Å². The highest BCUT2D eigenvalue weighted by Crippen LogP contribution is 2.12. The predicted molar refractivity (Wildman–Crippen MR) is 57.7 cm³/mol. The molecule has 0 spiro atoms. The molecule has 3 nitrogen and oxygen atoms in total. The fourth-order valence-corrected chi connectivity index (χ4v) is 1.38.